The number of rotatable bonds is 8. The average molecular weight is 293 g/mol. The fraction of sp³-hybridized carbons (Fsp3) is 0.467. The Morgan fingerprint density at radius 2 is 2.24 bits per heavy atom. The first kappa shape index (κ1) is 15.3. The topological polar surface area (TPSA) is 84.9 Å². The standard InChI is InChI=1S/C15H19NO5/c1-2-20-13-7-12(13)15(19)16-8-10-4-3-5-11(6-10)21-9-14(17)18/h3-6,12-13H,2,7-9H2,1H3,(H,16,19)(H,17,18)/t12-,13-/m1/s1. The maximum Gasteiger partial charge on any atom is 0.341 e. The summed E-state index contributed by atoms with van der Waals surface area (Å²) in [5, 5.41) is 11.4. The Balaban J connectivity index is 1.79. The average Bonchev–Trinajstić information content (AvgIpc) is 3.23. The number of amides is 1. The second-order valence-electron chi connectivity index (χ2n) is 4.88. The van der Waals surface area contributed by atoms with Crippen molar-refractivity contribution in [3.63, 3.8) is 0 Å². The predicted octanol–water partition coefficient (Wildman–Crippen LogP) is 1.19. The molecule has 1 aliphatic carbocycles. The van der Waals surface area contributed by atoms with Crippen LogP contribution in [0.3, 0.4) is 0 Å². The summed E-state index contributed by atoms with van der Waals surface area (Å²) in [5.41, 5.74) is 0.861. The summed E-state index contributed by atoms with van der Waals surface area (Å²) in [7, 11) is 0. The molecule has 0 aliphatic heterocycles. The van der Waals surface area contributed by atoms with Gasteiger partial charge in [0.1, 0.15) is 5.75 Å². The molecule has 1 saturated carbocycles. The van der Waals surface area contributed by atoms with E-state index >= 15 is 0 Å². The third kappa shape index (κ3) is 4.75. The van der Waals surface area contributed by atoms with Crippen LogP contribution in [0.25, 0.3) is 0 Å². The van der Waals surface area contributed by atoms with Gasteiger partial charge in [0.15, 0.2) is 6.61 Å². The van der Waals surface area contributed by atoms with Crippen LogP contribution in [0.5, 0.6) is 5.75 Å². The summed E-state index contributed by atoms with van der Waals surface area (Å²) in [6.45, 7) is 2.54. The van der Waals surface area contributed by atoms with Crippen LogP contribution in [0.15, 0.2) is 24.3 Å². The molecule has 6 heteroatoms. The van der Waals surface area contributed by atoms with E-state index in [-0.39, 0.29) is 24.5 Å². The highest BCUT2D eigenvalue weighted by atomic mass is 16.5. The molecule has 0 aromatic heterocycles. The Labute approximate surface area is 123 Å². The summed E-state index contributed by atoms with van der Waals surface area (Å²) >= 11 is 0. The van der Waals surface area contributed by atoms with Gasteiger partial charge in [-0.15, -0.1) is 0 Å². The highest BCUT2D eigenvalue weighted by Crippen LogP contribution is 2.33. The van der Waals surface area contributed by atoms with Gasteiger partial charge in [0.05, 0.1) is 12.0 Å². The fourth-order valence-corrected chi connectivity index (χ4v) is 2.06. The number of hydrogen-bond donors (Lipinski definition) is 2. The first-order chi connectivity index (χ1) is 10.1. The van der Waals surface area contributed by atoms with Crippen LogP contribution in [0.4, 0.5) is 0 Å². The number of benzene rings is 1. The lowest BCUT2D eigenvalue weighted by atomic mass is 10.2. The molecule has 0 radical (unpaired) electrons. The first-order valence-corrected chi connectivity index (χ1v) is 6.93. The number of hydrogen-bond acceptors (Lipinski definition) is 4. The molecular formula is C15H19NO5. The number of nitrogens with one attached hydrogen (secondary N) is 1. The van der Waals surface area contributed by atoms with Gasteiger partial charge in [-0.25, -0.2) is 4.79 Å². The van der Waals surface area contributed by atoms with Gasteiger partial charge in [-0.3, -0.25) is 4.79 Å². The maximum atomic E-state index is 11.9. The number of carbonyl (C=O) groups is 2. The number of aliphatic carboxylic acids is 1. The molecule has 0 heterocycles. The van der Waals surface area contributed by atoms with Gasteiger partial charge in [0, 0.05) is 13.2 Å². The van der Waals surface area contributed by atoms with Gasteiger partial charge in [0.2, 0.25) is 5.91 Å². The molecule has 0 spiro atoms. The minimum Gasteiger partial charge on any atom is -0.482 e. The van der Waals surface area contributed by atoms with Crippen molar-refractivity contribution in [2.75, 3.05) is 13.2 Å². The second-order valence-corrected chi connectivity index (χ2v) is 4.88. The monoisotopic (exact) mass is 293 g/mol. The highest BCUT2D eigenvalue weighted by molar-refractivity contribution is 5.82. The van der Waals surface area contributed by atoms with Crippen molar-refractivity contribution in [1.29, 1.82) is 0 Å². The van der Waals surface area contributed by atoms with E-state index in [9.17, 15) is 9.59 Å². The fourth-order valence-electron chi connectivity index (χ4n) is 2.06. The van der Waals surface area contributed by atoms with Crippen LogP contribution in [0, 0.1) is 5.92 Å². The van der Waals surface area contributed by atoms with Gasteiger partial charge in [-0.2, -0.15) is 0 Å². The molecule has 1 aromatic rings. The lowest BCUT2D eigenvalue weighted by Crippen LogP contribution is -2.26. The third-order valence-corrected chi connectivity index (χ3v) is 3.18. The Hall–Kier alpha value is -2.08. The molecule has 2 atom stereocenters. The van der Waals surface area contributed by atoms with Gasteiger partial charge >= 0.3 is 5.97 Å². The van der Waals surface area contributed by atoms with Crippen LogP contribution in [-0.4, -0.2) is 36.3 Å². The summed E-state index contributed by atoms with van der Waals surface area (Å²) in [6, 6.07) is 7.01. The van der Waals surface area contributed by atoms with E-state index in [1.165, 1.54) is 0 Å². The van der Waals surface area contributed by atoms with Crippen molar-refractivity contribution in [2.24, 2.45) is 5.92 Å². The smallest absolute Gasteiger partial charge is 0.341 e. The molecular weight excluding hydrogens is 274 g/mol. The molecule has 0 bridgehead atoms. The lowest BCUT2D eigenvalue weighted by molar-refractivity contribution is -0.139. The minimum absolute atomic E-state index is 0.00897. The number of carbonyl (C=O) groups excluding carboxylic acids is 1. The van der Waals surface area contributed by atoms with Crippen LogP contribution in [0.1, 0.15) is 18.9 Å². The zero-order valence-electron chi connectivity index (χ0n) is 11.9. The normalized spacial score (nSPS) is 19.9. The van der Waals surface area contributed by atoms with E-state index < -0.39 is 5.97 Å². The molecule has 0 saturated heterocycles. The van der Waals surface area contributed by atoms with Crippen LogP contribution >= 0.6 is 0 Å². The minimum atomic E-state index is -1.02. The number of carboxylic acid groups (broad SMARTS) is 1. The molecule has 0 unspecified atom stereocenters. The third-order valence-electron chi connectivity index (χ3n) is 3.18. The maximum absolute atomic E-state index is 11.9. The van der Waals surface area contributed by atoms with Gasteiger partial charge in [-0.05, 0) is 31.0 Å². The Bertz CT molecular complexity index is 517. The van der Waals surface area contributed by atoms with E-state index in [1.54, 1.807) is 18.2 Å². The van der Waals surface area contributed by atoms with Crippen LogP contribution in [-0.2, 0) is 20.9 Å². The van der Waals surface area contributed by atoms with Gasteiger partial charge < -0.3 is 19.9 Å². The van der Waals surface area contributed by atoms with Crippen LogP contribution < -0.4 is 10.1 Å². The molecule has 1 aliphatic rings. The Morgan fingerprint density at radius 3 is 2.95 bits per heavy atom. The largest absolute Gasteiger partial charge is 0.482 e. The van der Waals surface area contributed by atoms with E-state index in [1.807, 2.05) is 13.0 Å². The van der Waals surface area contributed by atoms with E-state index in [4.69, 9.17) is 14.6 Å². The summed E-state index contributed by atoms with van der Waals surface area (Å²) in [6.07, 6.45) is 0.835. The Kier molecular flexibility index (Phi) is 5.16. The van der Waals surface area contributed by atoms with E-state index in [0.717, 1.165) is 12.0 Å². The Morgan fingerprint density at radius 1 is 1.43 bits per heavy atom. The van der Waals surface area contributed by atoms with Crippen molar-refractivity contribution >= 4 is 11.9 Å². The highest BCUT2D eigenvalue weighted by Gasteiger charge is 2.43. The summed E-state index contributed by atoms with van der Waals surface area (Å²) in [4.78, 5) is 22.3. The molecule has 1 amide bonds. The van der Waals surface area contributed by atoms with Crippen molar-refractivity contribution in [2.45, 2.75) is 26.0 Å². The lowest BCUT2D eigenvalue weighted by Gasteiger charge is -2.08. The zero-order valence-corrected chi connectivity index (χ0v) is 11.9. The van der Waals surface area contributed by atoms with Gasteiger partial charge in [-0.1, -0.05) is 12.1 Å². The van der Waals surface area contributed by atoms with Crippen molar-refractivity contribution in [3.05, 3.63) is 29.8 Å². The molecule has 1 fully saturated rings. The zero-order chi connectivity index (χ0) is 15.2. The van der Waals surface area contributed by atoms with Crippen LogP contribution in [0.2, 0.25) is 0 Å². The molecule has 6 nitrogen and oxygen atoms in total. The molecule has 21 heavy (non-hydrogen) atoms. The van der Waals surface area contributed by atoms with Gasteiger partial charge in [0.25, 0.3) is 0 Å². The van der Waals surface area contributed by atoms with E-state index in [0.29, 0.717) is 18.9 Å². The summed E-state index contributed by atoms with van der Waals surface area (Å²) < 4.78 is 10.5. The number of carboxylic acids is 1. The van der Waals surface area contributed by atoms with Crippen molar-refractivity contribution < 1.29 is 24.2 Å². The first-order valence-electron chi connectivity index (χ1n) is 6.93. The van der Waals surface area contributed by atoms with Crippen molar-refractivity contribution in [3.8, 4) is 5.75 Å². The molecule has 2 rings (SSSR count). The number of ether oxygens (including phenoxy) is 2. The molecule has 2 N–H and O–H groups in total. The molecule has 114 valence electrons. The summed E-state index contributed by atoms with van der Waals surface area (Å²) in [5.74, 6) is -0.603. The quantitative estimate of drug-likeness (QED) is 0.752. The SMILES string of the molecule is CCO[C@@H]1C[C@H]1C(=O)NCc1cccc(OCC(=O)O)c1. The van der Waals surface area contributed by atoms with E-state index in [2.05, 4.69) is 5.32 Å². The molecule has 1 aromatic carbocycles. The van der Waals surface area contributed by atoms with Crippen molar-refractivity contribution in [1.82, 2.24) is 5.32 Å². The second kappa shape index (κ2) is 7.08. The predicted molar refractivity (Wildman–Crippen MR) is 74.9 cm³/mol.